The van der Waals surface area contributed by atoms with Crippen molar-refractivity contribution in [2.45, 2.75) is 49.7 Å². The van der Waals surface area contributed by atoms with Crippen LogP contribution in [0.4, 0.5) is 13.2 Å². The molecule has 1 aromatic heterocycles. The Morgan fingerprint density at radius 1 is 1.29 bits per heavy atom. The van der Waals surface area contributed by atoms with Crippen molar-refractivity contribution < 1.29 is 32.6 Å². The Balaban J connectivity index is 1.66. The van der Waals surface area contributed by atoms with Crippen molar-refractivity contribution in [3.8, 4) is 5.75 Å². The van der Waals surface area contributed by atoms with E-state index in [2.05, 4.69) is 10.3 Å². The number of hydrogen-bond acceptors (Lipinski definition) is 6. The Kier molecular flexibility index (Phi) is 4.98. The number of Topliss-reactive ketones (excluding diaryl/α,β-unsaturated/α-hetero) is 1. The largest absolute Gasteiger partial charge is 0.454 e. The molecule has 7 nitrogen and oxygen atoms in total. The third kappa shape index (κ3) is 3.16. The van der Waals surface area contributed by atoms with Crippen molar-refractivity contribution in [2.24, 2.45) is 5.73 Å². The third-order valence-electron chi connectivity index (χ3n) is 6.75. The predicted octanol–water partition coefficient (Wildman–Crippen LogP) is 3.10. The van der Waals surface area contributed by atoms with Crippen LogP contribution >= 0.6 is 0 Å². The van der Waals surface area contributed by atoms with Crippen LogP contribution in [-0.4, -0.2) is 33.6 Å². The van der Waals surface area contributed by atoms with Crippen LogP contribution in [0, 0.1) is 0 Å². The molecule has 35 heavy (non-hydrogen) atoms. The van der Waals surface area contributed by atoms with Crippen LogP contribution in [0.1, 0.15) is 53.4 Å². The van der Waals surface area contributed by atoms with Gasteiger partial charge in [-0.15, -0.1) is 0 Å². The molecule has 5 rings (SSSR count). The molecule has 0 fully saturated rings. The molecule has 4 N–H and O–H groups in total. The van der Waals surface area contributed by atoms with Crippen molar-refractivity contribution in [1.29, 1.82) is 0 Å². The standard InChI is InChI=1S/C25H22F3N3O4/c1-12(2)13-6-7-15-19(10-13)35-24(34)16-4-3-5-17(29)20(16)21(32)23(15,24)31-22(33)18-11-14(8-9-30-18)25(26,27)28/h3-4,6-12,17,34H,5,29H2,1-2H3,(H,31,33). The first-order valence-electron chi connectivity index (χ1n) is 11.0. The highest BCUT2D eigenvalue weighted by Gasteiger charge is 2.72. The maximum atomic E-state index is 13.9. The zero-order valence-corrected chi connectivity index (χ0v) is 18.8. The zero-order chi connectivity index (χ0) is 25.3. The Hall–Kier alpha value is -3.50. The highest BCUT2D eigenvalue weighted by molar-refractivity contribution is 6.14. The van der Waals surface area contributed by atoms with Gasteiger partial charge in [-0.25, -0.2) is 0 Å². The van der Waals surface area contributed by atoms with Crippen LogP contribution in [0.15, 0.2) is 59.8 Å². The molecule has 182 valence electrons. The second-order valence-electron chi connectivity index (χ2n) is 9.19. The number of ketones is 1. The first-order valence-corrected chi connectivity index (χ1v) is 11.0. The molecular formula is C25H22F3N3O4. The second-order valence-corrected chi connectivity index (χ2v) is 9.19. The highest BCUT2D eigenvalue weighted by atomic mass is 19.4. The minimum absolute atomic E-state index is 0.103. The van der Waals surface area contributed by atoms with Gasteiger partial charge in [-0.05, 0) is 36.1 Å². The molecule has 3 unspecified atom stereocenters. The molecule has 1 amide bonds. The molecular weight excluding hydrogens is 463 g/mol. The number of amides is 1. The van der Waals surface area contributed by atoms with Gasteiger partial charge in [0, 0.05) is 28.9 Å². The summed E-state index contributed by atoms with van der Waals surface area (Å²) in [5.74, 6) is -3.81. The van der Waals surface area contributed by atoms with Crippen molar-refractivity contribution >= 4 is 11.7 Å². The second kappa shape index (κ2) is 7.50. The van der Waals surface area contributed by atoms with E-state index >= 15 is 0 Å². The minimum atomic E-state index is -4.70. The lowest BCUT2D eigenvalue weighted by atomic mass is 9.81. The molecule has 0 bridgehead atoms. The molecule has 2 aliphatic carbocycles. The summed E-state index contributed by atoms with van der Waals surface area (Å²) in [5, 5.41) is 14.4. The van der Waals surface area contributed by atoms with Crippen molar-refractivity contribution in [3.05, 3.63) is 82.2 Å². The smallest absolute Gasteiger partial charge is 0.416 e. The summed E-state index contributed by atoms with van der Waals surface area (Å²) < 4.78 is 45.6. The zero-order valence-electron chi connectivity index (χ0n) is 18.8. The van der Waals surface area contributed by atoms with E-state index in [1.165, 1.54) is 6.08 Å². The van der Waals surface area contributed by atoms with Gasteiger partial charge in [0.25, 0.3) is 11.7 Å². The predicted molar refractivity (Wildman–Crippen MR) is 118 cm³/mol. The first kappa shape index (κ1) is 23.3. The number of benzene rings is 1. The van der Waals surface area contributed by atoms with Crippen LogP contribution in [0.3, 0.4) is 0 Å². The maximum Gasteiger partial charge on any atom is 0.416 e. The number of aliphatic hydroxyl groups is 1. The lowest BCUT2D eigenvalue weighted by Crippen LogP contribution is -2.63. The number of fused-ring (bicyclic) bond motifs is 4. The number of aromatic nitrogens is 1. The molecule has 2 heterocycles. The van der Waals surface area contributed by atoms with Crippen molar-refractivity contribution in [3.63, 3.8) is 0 Å². The van der Waals surface area contributed by atoms with Gasteiger partial charge in [0.15, 0.2) is 5.78 Å². The summed E-state index contributed by atoms with van der Waals surface area (Å²) in [6.45, 7) is 3.91. The van der Waals surface area contributed by atoms with Crippen LogP contribution < -0.4 is 15.8 Å². The van der Waals surface area contributed by atoms with Crippen molar-refractivity contribution in [2.75, 3.05) is 0 Å². The summed E-state index contributed by atoms with van der Waals surface area (Å²) in [7, 11) is 0. The van der Waals surface area contributed by atoms with E-state index in [0.717, 1.165) is 17.8 Å². The average Bonchev–Trinajstić information content (AvgIpc) is 3.16. The van der Waals surface area contributed by atoms with Gasteiger partial charge in [0.2, 0.25) is 5.54 Å². The number of ether oxygens (including phenoxy) is 1. The van der Waals surface area contributed by atoms with Crippen molar-refractivity contribution in [1.82, 2.24) is 10.3 Å². The van der Waals surface area contributed by atoms with Gasteiger partial charge in [-0.3, -0.25) is 14.6 Å². The fourth-order valence-corrected chi connectivity index (χ4v) is 4.95. The molecule has 3 atom stereocenters. The van der Waals surface area contributed by atoms with E-state index in [9.17, 15) is 27.9 Å². The third-order valence-corrected chi connectivity index (χ3v) is 6.75. The fraction of sp³-hybridized carbons (Fsp3) is 0.320. The number of nitrogens with two attached hydrogens (primary N) is 1. The van der Waals surface area contributed by atoms with Gasteiger partial charge < -0.3 is 20.9 Å². The molecule has 0 radical (unpaired) electrons. The molecule has 0 spiro atoms. The van der Waals surface area contributed by atoms with E-state index in [4.69, 9.17) is 10.5 Å². The van der Waals surface area contributed by atoms with E-state index in [1.807, 2.05) is 13.8 Å². The SMILES string of the molecule is CC(C)c1ccc2c(c1)OC1(O)C3=C(C(=O)C21NC(=O)c1cc(C(F)(F)F)ccn1)C(N)CC=C3. The molecule has 3 aliphatic rings. The summed E-state index contributed by atoms with van der Waals surface area (Å²) in [6.07, 6.45) is -0.295. The Bertz CT molecular complexity index is 1330. The van der Waals surface area contributed by atoms with Crippen LogP contribution in [0.5, 0.6) is 5.75 Å². The van der Waals surface area contributed by atoms with Gasteiger partial charge >= 0.3 is 6.18 Å². The number of carbonyl (C=O) groups excluding carboxylic acids is 2. The van der Waals surface area contributed by atoms with E-state index < -0.39 is 46.5 Å². The van der Waals surface area contributed by atoms with Crippen LogP contribution in [0.2, 0.25) is 0 Å². The monoisotopic (exact) mass is 485 g/mol. The van der Waals surface area contributed by atoms with Crippen LogP contribution in [0.25, 0.3) is 0 Å². The van der Waals surface area contributed by atoms with E-state index in [1.54, 1.807) is 24.3 Å². The highest BCUT2D eigenvalue weighted by Crippen LogP contribution is 2.57. The quantitative estimate of drug-likeness (QED) is 0.616. The average molecular weight is 485 g/mol. The van der Waals surface area contributed by atoms with Crippen LogP contribution in [-0.2, 0) is 16.5 Å². The van der Waals surface area contributed by atoms with Gasteiger partial charge in [-0.2, -0.15) is 13.2 Å². The first-order chi connectivity index (χ1) is 16.4. The lowest BCUT2D eigenvalue weighted by Gasteiger charge is -2.35. The molecule has 0 saturated heterocycles. The summed E-state index contributed by atoms with van der Waals surface area (Å²) in [4.78, 5) is 30.9. The normalized spacial score (nSPS) is 27.0. The molecule has 0 saturated carbocycles. The number of nitrogens with one attached hydrogen (secondary N) is 1. The number of nitrogens with zero attached hydrogens (tertiary/aromatic N) is 1. The number of pyridine rings is 1. The van der Waals surface area contributed by atoms with Gasteiger partial charge in [0.1, 0.15) is 11.4 Å². The number of alkyl halides is 3. The number of rotatable bonds is 3. The fourth-order valence-electron chi connectivity index (χ4n) is 4.95. The van der Waals surface area contributed by atoms with Gasteiger partial charge in [0.05, 0.1) is 5.56 Å². The maximum absolute atomic E-state index is 13.9. The summed E-state index contributed by atoms with van der Waals surface area (Å²) >= 11 is 0. The number of hydrogen-bond donors (Lipinski definition) is 3. The van der Waals surface area contributed by atoms with Gasteiger partial charge in [-0.1, -0.05) is 38.1 Å². The number of carbonyl (C=O) groups is 2. The Labute approximate surface area is 198 Å². The Morgan fingerprint density at radius 2 is 2.03 bits per heavy atom. The summed E-state index contributed by atoms with van der Waals surface area (Å²) in [5.41, 5.74) is 3.65. The lowest BCUT2D eigenvalue weighted by molar-refractivity contribution is -0.154. The molecule has 2 aromatic rings. The van der Waals surface area contributed by atoms with E-state index in [-0.39, 0.29) is 28.4 Å². The summed E-state index contributed by atoms with van der Waals surface area (Å²) in [6, 6.07) is 5.56. The minimum Gasteiger partial charge on any atom is -0.454 e. The molecule has 1 aliphatic heterocycles. The molecule has 1 aromatic carbocycles. The number of halogens is 3. The Morgan fingerprint density at radius 3 is 2.71 bits per heavy atom. The van der Waals surface area contributed by atoms with E-state index in [0.29, 0.717) is 12.5 Å². The topological polar surface area (TPSA) is 115 Å². The molecule has 10 heteroatoms.